The number of aromatic nitrogens is 2. The van der Waals surface area contributed by atoms with Crippen LogP contribution < -0.4 is 0 Å². The molecule has 0 fully saturated rings. The van der Waals surface area contributed by atoms with E-state index >= 15 is 0 Å². The molecule has 0 radical (unpaired) electrons. The van der Waals surface area contributed by atoms with Gasteiger partial charge in [-0.15, -0.1) is 0 Å². The van der Waals surface area contributed by atoms with Crippen LogP contribution in [0.4, 0.5) is 4.39 Å². The van der Waals surface area contributed by atoms with Gasteiger partial charge in [-0.1, -0.05) is 0 Å². The van der Waals surface area contributed by atoms with Gasteiger partial charge in [0.25, 0.3) is 0 Å². The van der Waals surface area contributed by atoms with Crippen molar-refractivity contribution >= 4 is 10.0 Å². The Balaban J connectivity index is 2.31. The van der Waals surface area contributed by atoms with Gasteiger partial charge in [0, 0.05) is 25.4 Å². The zero-order valence-electron chi connectivity index (χ0n) is 10.6. The lowest BCUT2D eigenvalue weighted by Crippen LogP contribution is -2.27. The highest BCUT2D eigenvalue weighted by atomic mass is 32.2. The number of H-pyrrole nitrogens is 1. The third-order valence-corrected chi connectivity index (χ3v) is 4.75. The Morgan fingerprint density at radius 2 is 2.16 bits per heavy atom. The maximum atomic E-state index is 13.0. The highest BCUT2D eigenvalue weighted by molar-refractivity contribution is 7.89. The number of rotatable bonds is 4. The summed E-state index contributed by atoms with van der Waals surface area (Å²) in [6.45, 7) is 1.78. The largest absolute Gasteiger partial charge is 0.285 e. The molecule has 0 spiro atoms. The SMILES string of the molecule is Cc1cc(F)ccc1S(=O)(=O)N(C)Cc1cn[nH]c1. The number of sulfonamides is 1. The average molecular weight is 283 g/mol. The fourth-order valence-electron chi connectivity index (χ4n) is 1.78. The van der Waals surface area contributed by atoms with Gasteiger partial charge in [-0.25, -0.2) is 12.8 Å². The monoisotopic (exact) mass is 283 g/mol. The van der Waals surface area contributed by atoms with Crippen molar-refractivity contribution in [1.82, 2.24) is 14.5 Å². The molecule has 2 rings (SSSR count). The van der Waals surface area contributed by atoms with Crippen molar-refractivity contribution < 1.29 is 12.8 Å². The Morgan fingerprint density at radius 1 is 1.42 bits per heavy atom. The van der Waals surface area contributed by atoms with Crippen LogP contribution in [0.2, 0.25) is 0 Å². The van der Waals surface area contributed by atoms with E-state index in [1.54, 1.807) is 19.3 Å². The summed E-state index contributed by atoms with van der Waals surface area (Å²) >= 11 is 0. The van der Waals surface area contributed by atoms with Crippen molar-refractivity contribution in [2.45, 2.75) is 18.4 Å². The fourth-order valence-corrected chi connectivity index (χ4v) is 3.14. The summed E-state index contributed by atoms with van der Waals surface area (Å²) in [5.74, 6) is -0.450. The molecule has 0 amide bonds. The van der Waals surface area contributed by atoms with Gasteiger partial charge >= 0.3 is 0 Å². The number of halogens is 1. The lowest BCUT2D eigenvalue weighted by atomic mass is 10.2. The predicted molar refractivity (Wildman–Crippen MR) is 68.4 cm³/mol. The fraction of sp³-hybridized carbons (Fsp3) is 0.250. The highest BCUT2D eigenvalue weighted by Crippen LogP contribution is 2.20. The Kier molecular flexibility index (Phi) is 3.68. The second-order valence-electron chi connectivity index (χ2n) is 4.28. The summed E-state index contributed by atoms with van der Waals surface area (Å²) in [5.41, 5.74) is 1.14. The van der Waals surface area contributed by atoms with E-state index in [-0.39, 0.29) is 11.4 Å². The molecule has 0 aliphatic heterocycles. The van der Waals surface area contributed by atoms with Crippen LogP contribution in [0.5, 0.6) is 0 Å². The quantitative estimate of drug-likeness (QED) is 0.928. The van der Waals surface area contributed by atoms with E-state index in [1.807, 2.05) is 0 Å². The van der Waals surface area contributed by atoms with Crippen LogP contribution in [0.1, 0.15) is 11.1 Å². The van der Waals surface area contributed by atoms with E-state index in [0.29, 0.717) is 5.56 Å². The number of hydrogen-bond acceptors (Lipinski definition) is 3. The third-order valence-electron chi connectivity index (χ3n) is 2.79. The molecule has 0 aliphatic rings. The van der Waals surface area contributed by atoms with Crippen LogP contribution in [0.25, 0.3) is 0 Å². The average Bonchev–Trinajstić information content (AvgIpc) is 2.81. The van der Waals surface area contributed by atoms with Crippen LogP contribution in [-0.4, -0.2) is 30.0 Å². The van der Waals surface area contributed by atoms with E-state index in [9.17, 15) is 12.8 Å². The zero-order chi connectivity index (χ0) is 14.0. The molecule has 1 N–H and O–H groups in total. The first-order chi connectivity index (χ1) is 8.91. The van der Waals surface area contributed by atoms with Crippen LogP contribution in [0.15, 0.2) is 35.5 Å². The molecule has 0 unspecified atom stereocenters. The second kappa shape index (κ2) is 5.10. The van der Waals surface area contributed by atoms with Gasteiger partial charge in [0.1, 0.15) is 5.82 Å². The van der Waals surface area contributed by atoms with E-state index in [1.165, 1.54) is 23.5 Å². The van der Waals surface area contributed by atoms with E-state index < -0.39 is 15.8 Å². The summed E-state index contributed by atoms with van der Waals surface area (Å²) < 4.78 is 39.0. The van der Waals surface area contributed by atoms with Gasteiger partial charge < -0.3 is 0 Å². The first-order valence-electron chi connectivity index (χ1n) is 5.61. The Morgan fingerprint density at radius 3 is 2.74 bits per heavy atom. The highest BCUT2D eigenvalue weighted by Gasteiger charge is 2.23. The Bertz CT molecular complexity index is 668. The van der Waals surface area contributed by atoms with Crippen LogP contribution in [-0.2, 0) is 16.6 Å². The van der Waals surface area contributed by atoms with Crippen molar-refractivity contribution in [3.63, 3.8) is 0 Å². The molecular weight excluding hydrogens is 269 g/mol. The minimum Gasteiger partial charge on any atom is -0.285 e. The molecule has 19 heavy (non-hydrogen) atoms. The minimum atomic E-state index is -3.64. The van der Waals surface area contributed by atoms with Crippen LogP contribution >= 0.6 is 0 Å². The molecule has 2 aromatic rings. The molecule has 1 aromatic heterocycles. The van der Waals surface area contributed by atoms with Crippen molar-refractivity contribution in [2.24, 2.45) is 0 Å². The molecule has 0 atom stereocenters. The summed E-state index contributed by atoms with van der Waals surface area (Å²) in [4.78, 5) is 0.111. The molecule has 1 aromatic carbocycles. The number of hydrogen-bond donors (Lipinski definition) is 1. The zero-order valence-corrected chi connectivity index (χ0v) is 11.4. The van der Waals surface area contributed by atoms with Crippen molar-refractivity contribution in [2.75, 3.05) is 7.05 Å². The van der Waals surface area contributed by atoms with E-state index in [4.69, 9.17) is 0 Å². The summed E-state index contributed by atoms with van der Waals surface area (Å²) in [6.07, 6.45) is 3.19. The molecule has 0 bridgehead atoms. The number of aryl methyl sites for hydroxylation is 1. The predicted octanol–water partition coefficient (Wildman–Crippen LogP) is 1.68. The third kappa shape index (κ3) is 2.82. The van der Waals surface area contributed by atoms with Crippen molar-refractivity contribution in [3.05, 3.63) is 47.5 Å². The van der Waals surface area contributed by atoms with Gasteiger partial charge in [-0.05, 0) is 30.7 Å². The topological polar surface area (TPSA) is 66.1 Å². The van der Waals surface area contributed by atoms with Crippen molar-refractivity contribution in [1.29, 1.82) is 0 Å². The maximum absolute atomic E-state index is 13.0. The maximum Gasteiger partial charge on any atom is 0.243 e. The van der Waals surface area contributed by atoms with Crippen molar-refractivity contribution in [3.8, 4) is 0 Å². The molecule has 0 saturated carbocycles. The Labute approximate surface area is 111 Å². The van der Waals surface area contributed by atoms with E-state index in [0.717, 1.165) is 11.6 Å². The lowest BCUT2D eigenvalue weighted by molar-refractivity contribution is 0.466. The molecule has 0 aliphatic carbocycles. The normalized spacial score (nSPS) is 12.0. The molecule has 1 heterocycles. The van der Waals surface area contributed by atoms with Gasteiger partial charge in [0.15, 0.2) is 0 Å². The number of aromatic amines is 1. The summed E-state index contributed by atoms with van der Waals surface area (Å²) in [5, 5.41) is 6.39. The van der Waals surface area contributed by atoms with Gasteiger partial charge in [-0.3, -0.25) is 5.10 Å². The molecule has 5 nitrogen and oxygen atoms in total. The molecule has 7 heteroatoms. The standard InChI is InChI=1S/C12H14FN3O2S/c1-9-5-11(13)3-4-12(9)19(17,18)16(2)8-10-6-14-15-7-10/h3-7H,8H2,1-2H3,(H,14,15). The first kappa shape index (κ1) is 13.7. The molecular formula is C12H14FN3O2S. The van der Waals surface area contributed by atoms with Gasteiger partial charge in [0.2, 0.25) is 10.0 Å². The van der Waals surface area contributed by atoms with Crippen LogP contribution in [0.3, 0.4) is 0 Å². The molecule has 0 saturated heterocycles. The lowest BCUT2D eigenvalue weighted by Gasteiger charge is -2.17. The van der Waals surface area contributed by atoms with E-state index in [2.05, 4.69) is 10.2 Å². The number of benzene rings is 1. The van der Waals surface area contributed by atoms with Gasteiger partial charge in [-0.2, -0.15) is 9.40 Å². The minimum absolute atomic E-state index is 0.111. The van der Waals surface area contributed by atoms with Gasteiger partial charge in [0.05, 0.1) is 11.1 Å². The number of nitrogens with zero attached hydrogens (tertiary/aromatic N) is 2. The first-order valence-corrected chi connectivity index (χ1v) is 7.05. The second-order valence-corrected chi connectivity index (χ2v) is 6.29. The number of nitrogens with one attached hydrogen (secondary N) is 1. The Hall–Kier alpha value is -1.73. The van der Waals surface area contributed by atoms with Crippen LogP contribution in [0, 0.1) is 12.7 Å². The molecule has 102 valence electrons. The summed E-state index contributed by atoms with van der Waals surface area (Å²) in [7, 11) is -2.16. The smallest absolute Gasteiger partial charge is 0.243 e. The summed E-state index contributed by atoms with van der Waals surface area (Å²) in [6, 6.07) is 3.63.